The summed E-state index contributed by atoms with van der Waals surface area (Å²) in [6.45, 7) is 4.26. The zero-order valence-electron chi connectivity index (χ0n) is 12.6. The van der Waals surface area contributed by atoms with Gasteiger partial charge in [-0.05, 0) is 50.7 Å². The number of thiophene rings is 1. The first kappa shape index (κ1) is 16.0. The number of amides is 2. The van der Waals surface area contributed by atoms with E-state index in [9.17, 15) is 9.59 Å². The molecule has 0 bridgehead atoms. The molecular weight excluding hydrogens is 286 g/mol. The molecule has 2 amide bonds. The van der Waals surface area contributed by atoms with Crippen LogP contribution >= 0.6 is 11.3 Å². The second kappa shape index (κ2) is 7.56. The third-order valence-electron chi connectivity index (χ3n) is 3.79. The molecule has 1 fully saturated rings. The maximum atomic E-state index is 12.4. The van der Waals surface area contributed by atoms with E-state index in [4.69, 9.17) is 0 Å². The van der Waals surface area contributed by atoms with Crippen LogP contribution in [0.4, 0.5) is 0 Å². The van der Waals surface area contributed by atoms with Gasteiger partial charge < -0.3 is 15.5 Å². The molecule has 0 aliphatic carbocycles. The summed E-state index contributed by atoms with van der Waals surface area (Å²) in [6.07, 6.45) is 2.18. The van der Waals surface area contributed by atoms with Crippen molar-refractivity contribution in [3.8, 4) is 0 Å². The van der Waals surface area contributed by atoms with Crippen LogP contribution in [0.25, 0.3) is 0 Å². The van der Waals surface area contributed by atoms with Crippen LogP contribution < -0.4 is 10.6 Å². The lowest BCUT2D eigenvalue weighted by Crippen LogP contribution is -2.50. The van der Waals surface area contributed by atoms with E-state index in [2.05, 4.69) is 10.6 Å². The maximum absolute atomic E-state index is 12.4. The first-order valence-electron chi connectivity index (χ1n) is 7.39. The van der Waals surface area contributed by atoms with Gasteiger partial charge in [0.2, 0.25) is 5.91 Å². The van der Waals surface area contributed by atoms with Gasteiger partial charge in [-0.1, -0.05) is 6.07 Å². The number of nitrogens with one attached hydrogen (secondary N) is 2. The van der Waals surface area contributed by atoms with Crippen molar-refractivity contribution in [1.29, 1.82) is 0 Å². The number of hydrogen-bond donors (Lipinski definition) is 2. The second-order valence-corrected chi connectivity index (χ2v) is 6.47. The van der Waals surface area contributed by atoms with Crippen molar-refractivity contribution in [3.05, 3.63) is 22.4 Å². The molecule has 1 aromatic heterocycles. The van der Waals surface area contributed by atoms with E-state index in [-0.39, 0.29) is 11.8 Å². The standard InChI is InChI=1S/C15H23N3O2S/c1-11(17-14(19)13-6-4-8-21-13)15(20)18-7-3-5-12(10-18)9-16-2/h4,6,8,11-12,16H,3,5,7,9-10H2,1-2H3,(H,17,19). The fourth-order valence-electron chi connectivity index (χ4n) is 2.73. The number of rotatable bonds is 5. The molecule has 1 aromatic rings. The van der Waals surface area contributed by atoms with Crippen molar-refractivity contribution in [2.24, 2.45) is 5.92 Å². The smallest absolute Gasteiger partial charge is 0.261 e. The zero-order valence-corrected chi connectivity index (χ0v) is 13.4. The molecule has 21 heavy (non-hydrogen) atoms. The van der Waals surface area contributed by atoms with E-state index in [0.29, 0.717) is 10.8 Å². The lowest BCUT2D eigenvalue weighted by atomic mass is 9.97. The van der Waals surface area contributed by atoms with E-state index >= 15 is 0 Å². The number of carbonyl (C=O) groups is 2. The number of likely N-dealkylation sites (tertiary alicyclic amines) is 1. The van der Waals surface area contributed by atoms with Gasteiger partial charge in [-0.15, -0.1) is 11.3 Å². The molecule has 1 saturated heterocycles. The normalized spacial score (nSPS) is 20.1. The van der Waals surface area contributed by atoms with Crippen LogP contribution in [-0.2, 0) is 4.79 Å². The summed E-state index contributed by atoms with van der Waals surface area (Å²) in [5.74, 6) is 0.350. The van der Waals surface area contributed by atoms with Gasteiger partial charge in [-0.3, -0.25) is 9.59 Å². The number of hydrogen-bond acceptors (Lipinski definition) is 4. The predicted molar refractivity (Wildman–Crippen MR) is 84.5 cm³/mol. The van der Waals surface area contributed by atoms with Crippen molar-refractivity contribution >= 4 is 23.2 Å². The average molecular weight is 309 g/mol. The Morgan fingerprint density at radius 2 is 2.33 bits per heavy atom. The van der Waals surface area contributed by atoms with E-state index in [1.54, 1.807) is 13.0 Å². The lowest BCUT2D eigenvalue weighted by molar-refractivity contribution is -0.134. The van der Waals surface area contributed by atoms with Crippen molar-refractivity contribution in [2.45, 2.75) is 25.8 Å². The predicted octanol–water partition coefficient (Wildman–Crippen LogP) is 1.32. The van der Waals surface area contributed by atoms with Gasteiger partial charge in [0.05, 0.1) is 4.88 Å². The molecule has 2 rings (SSSR count). The summed E-state index contributed by atoms with van der Waals surface area (Å²) in [5, 5.41) is 7.82. The van der Waals surface area contributed by atoms with Crippen LogP contribution in [0.2, 0.25) is 0 Å². The van der Waals surface area contributed by atoms with Gasteiger partial charge in [0.15, 0.2) is 0 Å². The van der Waals surface area contributed by atoms with E-state index < -0.39 is 6.04 Å². The Balaban J connectivity index is 1.88. The Morgan fingerprint density at radius 3 is 3.00 bits per heavy atom. The second-order valence-electron chi connectivity index (χ2n) is 5.52. The minimum Gasteiger partial charge on any atom is -0.341 e. The summed E-state index contributed by atoms with van der Waals surface area (Å²) in [7, 11) is 1.94. The van der Waals surface area contributed by atoms with E-state index in [1.807, 2.05) is 23.4 Å². The van der Waals surface area contributed by atoms with E-state index in [1.165, 1.54) is 11.3 Å². The molecule has 0 aromatic carbocycles. The summed E-state index contributed by atoms with van der Waals surface area (Å²) >= 11 is 1.38. The van der Waals surface area contributed by atoms with Crippen LogP contribution in [0.3, 0.4) is 0 Å². The Morgan fingerprint density at radius 1 is 1.52 bits per heavy atom. The molecule has 2 N–H and O–H groups in total. The molecule has 6 heteroatoms. The van der Waals surface area contributed by atoms with Crippen molar-refractivity contribution in [1.82, 2.24) is 15.5 Å². The Bertz CT molecular complexity index is 473. The summed E-state index contributed by atoms with van der Waals surface area (Å²) in [6, 6.07) is 3.12. The molecule has 1 aliphatic rings. The highest BCUT2D eigenvalue weighted by Crippen LogP contribution is 2.16. The largest absolute Gasteiger partial charge is 0.341 e. The fourth-order valence-corrected chi connectivity index (χ4v) is 3.36. The summed E-state index contributed by atoms with van der Waals surface area (Å²) in [4.78, 5) is 27.0. The minimum atomic E-state index is -0.479. The Labute approximate surface area is 129 Å². The minimum absolute atomic E-state index is 0.0145. The monoisotopic (exact) mass is 309 g/mol. The van der Waals surface area contributed by atoms with Gasteiger partial charge in [0.1, 0.15) is 6.04 Å². The first-order chi connectivity index (χ1) is 10.1. The zero-order chi connectivity index (χ0) is 15.2. The number of nitrogens with zero attached hydrogens (tertiary/aromatic N) is 1. The fraction of sp³-hybridized carbons (Fsp3) is 0.600. The number of carbonyl (C=O) groups excluding carboxylic acids is 2. The highest BCUT2D eigenvalue weighted by Gasteiger charge is 2.27. The highest BCUT2D eigenvalue weighted by atomic mass is 32.1. The highest BCUT2D eigenvalue weighted by molar-refractivity contribution is 7.12. The molecule has 116 valence electrons. The third-order valence-corrected chi connectivity index (χ3v) is 4.66. The SMILES string of the molecule is CNCC1CCCN(C(=O)C(C)NC(=O)c2cccs2)C1. The van der Waals surface area contributed by atoms with Crippen molar-refractivity contribution in [2.75, 3.05) is 26.7 Å². The van der Waals surface area contributed by atoms with Crippen LogP contribution in [-0.4, -0.2) is 49.4 Å². The van der Waals surface area contributed by atoms with Crippen molar-refractivity contribution in [3.63, 3.8) is 0 Å². The van der Waals surface area contributed by atoms with Crippen LogP contribution in [0.1, 0.15) is 29.4 Å². The van der Waals surface area contributed by atoms with Crippen molar-refractivity contribution < 1.29 is 9.59 Å². The van der Waals surface area contributed by atoms with Crippen LogP contribution in [0.5, 0.6) is 0 Å². The van der Waals surface area contributed by atoms with Crippen LogP contribution in [0.15, 0.2) is 17.5 Å². The quantitative estimate of drug-likeness (QED) is 0.862. The molecule has 2 atom stereocenters. The summed E-state index contributed by atoms with van der Waals surface area (Å²) in [5.41, 5.74) is 0. The Kier molecular flexibility index (Phi) is 5.76. The molecule has 1 aliphatic heterocycles. The topological polar surface area (TPSA) is 61.4 Å². The number of piperidine rings is 1. The summed E-state index contributed by atoms with van der Waals surface area (Å²) < 4.78 is 0. The third kappa shape index (κ3) is 4.28. The lowest BCUT2D eigenvalue weighted by Gasteiger charge is -2.34. The molecule has 0 spiro atoms. The van der Waals surface area contributed by atoms with Gasteiger partial charge in [0, 0.05) is 13.1 Å². The van der Waals surface area contributed by atoms with Gasteiger partial charge in [-0.2, -0.15) is 0 Å². The van der Waals surface area contributed by atoms with Crippen LogP contribution in [0, 0.1) is 5.92 Å². The van der Waals surface area contributed by atoms with Gasteiger partial charge in [-0.25, -0.2) is 0 Å². The first-order valence-corrected chi connectivity index (χ1v) is 8.27. The molecular formula is C15H23N3O2S. The van der Waals surface area contributed by atoms with E-state index in [0.717, 1.165) is 32.5 Å². The maximum Gasteiger partial charge on any atom is 0.261 e. The molecule has 2 heterocycles. The van der Waals surface area contributed by atoms with Gasteiger partial charge in [0.25, 0.3) is 5.91 Å². The molecule has 2 unspecified atom stereocenters. The Hall–Kier alpha value is -1.40. The molecule has 0 radical (unpaired) electrons. The molecule has 0 saturated carbocycles. The average Bonchev–Trinajstić information content (AvgIpc) is 3.01. The van der Waals surface area contributed by atoms with Gasteiger partial charge >= 0.3 is 0 Å². The molecule has 5 nitrogen and oxygen atoms in total.